The van der Waals surface area contributed by atoms with Gasteiger partial charge >= 0.3 is 5.97 Å². The van der Waals surface area contributed by atoms with Crippen LogP contribution in [0.4, 0.5) is 0 Å². The molecule has 3 rings (SSSR count). The minimum Gasteiger partial charge on any atom is -0.508 e. The van der Waals surface area contributed by atoms with Gasteiger partial charge in [-0.25, -0.2) is 0 Å². The quantitative estimate of drug-likeness (QED) is 0.673. The molecule has 2 N–H and O–H groups in total. The number of phenols is 2. The third-order valence-corrected chi connectivity index (χ3v) is 3.63. The summed E-state index contributed by atoms with van der Waals surface area (Å²) < 4.78 is 10.8. The molecule has 0 radical (unpaired) electrons. The summed E-state index contributed by atoms with van der Waals surface area (Å²) in [6.45, 7) is 2.28. The Kier molecular flexibility index (Phi) is 3.63. The number of carbonyl (C=O) groups is 1. The molecule has 0 saturated carbocycles. The Morgan fingerprint density at radius 1 is 1.18 bits per heavy atom. The molecule has 2 aromatic rings. The summed E-state index contributed by atoms with van der Waals surface area (Å²) in [5, 5.41) is 19.2. The van der Waals surface area contributed by atoms with Crippen LogP contribution in [0.5, 0.6) is 23.0 Å². The molecule has 1 aliphatic rings. The molecule has 0 bridgehead atoms. The van der Waals surface area contributed by atoms with Crippen molar-refractivity contribution in [2.24, 2.45) is 0 Å². The standard InChI is InChI=1S/C17H16O5/c1-2-21-14-7-12(19)8-15-17(14)13(9-16(20)22-15)10-3-5-11(18)6-4-10/h3-8,13,18-19H,2,9H2,1H3/t13-/m1/s1. The van der Waals surface area contributed by atoms with Crippen LogP contribution in [0.15, 0.2) is 36.4 Å². The number of hydrogen-bond donors (Lipinski definition) is 2. The number of aromatic hydroxyl groups is 2. The second kappa shape index (κ2) is 5.60. The number of hydrogen-bond acceptors (Lipinski definition) is 5. The number of carbonyl (C=O) groups excluding carboxylic acids is 1. The molecule has 0 unspecified atom stereocenters. The number of esters is 1. The van der Waals surface area contributed by atoms with E-state index in [2.05, 4.69) is 0 Å². The highest BCUT2D eigenvalue weighted by molar-refractivity contribution is 5.79. The number of rotatable bonds is 3. The van der Waals surface area contributed by atoms with Crippen molar-refractivity contribution in [2.75, 3.05) is 6.61 Å². The fourth-order valence-corrected chi connectivity index (χ4v) is 2.71. The Morgan fingerprint density at radius 2 is 1.91 bits per heavy atom. The first-order valence-corrected chi connectivity index (χ1v) is 7.07. The van der Waals surface area contributed by atoms with Crippen LogP contribution in [-0.4, -0.2) is 22.8 Å². The van der Waals surface area contributed by atoms with Gasteiger partial charge in [-0.1, -0.05) is 12.1 Å². The van der Waals surface area contributed by atoms with E-state index < -0.39 is 0 Å². The van der Waals surface area contributed by atoms with E-state index >= 15 is 0 Å². The van der Waals surface area contributed by atoms with E-state index in [1.165, 1.54) is 12.1 Å². The Morgan fingerprint density at radius 3 is 2.59 bits per heavy atom. The molecular weight excluding hydrogens is 284 g/mol. The van der Waals surface area contributed by atoms with E-state index in [4.69, 9.17) is 9.47 Å². The van der Waals surface area contributed by atoms with Gasteiger partial charge in [0.05, 0.1) is 13.0 Å². The van der Waals surface area contributed by atoms with Gasteiger partial charge in [-0.05, 0) is 24.6 Å². The monoisotopic (exact) mass is 300 g/mol. The first kappa shape index (κ1) is 14.3. The molecular formula is C17H16O5. The highest BCUT2D eigenvalue weighted by Crippen LogP contribution is 2.46. The Balaban J connectivity index is 2.14. The lowest BCUT2D eigenvalue weighted by Crippen LogP contribution is -2.21. The van der Waals surface area contributed by atoms with E-state index in [0.29, 0.717) is 18.1 Å². The normalized spacial score (nSPS) is 16.8. The molecule has 0 fully saturated rings. The predicted octanol–water partition coefficient (Wildman–Crippen LogP) is 2.94. The van der Waals surface area contributed by atoms with Gasteiger partial charge in [-0.2, -0.15) is 0 Å². The van der Waals surface area contributed by atoms with Crippen LogP contribution in [0.3, 0.4) is 0 Å². The lowest BCUT2D eigenvalue weighted by molar-refractivity contribution is -0.135. The number of benzene rings is 2. The SMILES string of the molecule is CCOc1cc(O)cc2c1[C@@H](c1ccc(O)cc1)CC(=O)O2. The first-order chi connectivity index (χ1) is 10.6. The van der Waals surface area contributed by atoms with Crippen LogP contribution < -0.4 is 9.47 Å². The van der Waals surface area contributed by atoms with Crippen LogP contribution in [0.1, 0.15) is 30.4 Å². The molecule has 1 aliphatic heterocycles. The zero-order chi connectivity index (χ0) is 15.7. The lowest BCUT2D eigenvalue weighted by atomic mass is 9.85. The second-order valence-electron chi connectivity index (χ2n) is 5.11. The summed E-state index contributed by atoms with van der Waals surface area (Å²) in [5.41, 5.74) is 1.62. The molecule has 0 amide bonds. The minimum absolute atomic E-state index is 0.0126. The van der Waals surface area contributed by atoms with E-state index in [1.807, 2.05) is 6.92 Å². The number of ether oxygens (including phenoxy) is 2. The smallest absolute Gasteiger partial charge is 0.312 e. The van der Waals surface area contributed by atoms with Crippen LogP contribution in [0.2, 0.25) is 0 Å². The second-order valence-corrected chi connectivity index (χ2v) is 5.11. The van der Waals surface area contributed by atoms with Crippen molar-refractivity contribution >= 4 is 5.97 Å². The summed E-state index contributed by atoms with van der Waals surface area (Å²) in [6, 6.07) is 9.64. The molecule has 0 aromatic heterocycles. The highest BCUT2D eigenvalue weighted by Gasteiger charge is 2.32. The lowest BCUT2D eigenvalue weighted by Gasteiger charge is -2.27. The van der Waals surface area contributed by atoms with Gasteiger partial charge in [0.15, 0.2) is 0 Å². The third kappa shape index (κ3) is 2.57. The third-order valence-electron chi connectivity index (χ3n) is 3.63. The van der Waals surface area contributed by atoms with Crippen molar-refractivity contribution < 1.29 is 24.5 Å². The molecule has 5 nitrogen and oxygen atoms in total. The van der Waals surface area contributed by atoms with Crippen molar-refractivity contribution in [1.82, 2.24) is 0 Å². The van der Waals surface area contributed by atoms with Gasteiger partial charge in [0, 0.05) is 23.6 Å². The van der Waals surface area contributed by atoms with Crippen molar-refractivity contribution in [2.45, 2.75) is 19.3 Å². The molecule has 0 aliphatic carbocycles. The summed E-state index contributed by atoms with van der Waals surface area (Å²) in [4.78, 5) is 11.9. The summed E-state index contributed by atoms with van der Waals surface area (Å²) in [6.07, 6.45) is 0.183. The largest absolute Gasteiger partial charge is 0.508 e. The minimum atomic E-state index is -0.362. The van der Waals surface area contributed by atoms with Crippen molar-refractivity contribution in [3.63, 3.8) is 0 Å². The summed E-state index contributed by atoms with van der Waals surface area (Å²) >= 11 is 0. The van der Waals surface area contributed by atoms with Crippen LogP contribution in [0, 0.1) is 0 Å². The van der Waals surface area contributed by atoms with E-state index in [9.17, 15) is 15.0 Å². The fourth-order valence-electron chi connectivity index (χ4n) is 2.71. The molecule has 0 saturated heterocycles. The first-order valence-electron chi connectivity index (χ1n) is 7.07. The molecule has 1 atom stereocenters. The van der Waals surface area contributed by atoms with E-state index in [-0.39, 0.29) is 29.8 Å². The average Bonchev–Trinajstić information content (AvgIpc) is 2.46. The zero-order valence-electron chi connectivity index (χ0n) is 12.1. The molecule has 114 valence electrons. The molecule has 5 heteroatoms. The predicted molar refractivity (Wildman–Crippen MR) is 79.5 cm³/mol. The van der Waals surface area contributed by atoms with Gasteiger partial charge in [0.1, 0.15) is 23.0 Å². The van der Waals surface area contributed by atoms with Gasteiger partial charge < -0.3 is 19.7 Å². The van der Waals surface area contributed by atoms with Crippen molar-refractivity contribution in [3.05, 3.63) is 47.5 Å². The number of phenolic OH excluding ortho intramolecular Hbond substituents is 2. The molecule has 0 spiro atoms. The maximum absolute atomic E-state index is 11.9. The Labute approximate surface area is 127 Å². The molecule has 22 heavy (non-hydrogen) atoms. The van der Waals surface area contributed by atoms with E-state index in [1.54, 1.807) is 24.3 Å². The topological polar surface area (TPSA) is 76.0 Å². The van der Waals surface area contributed by atoms with Crippen molar-refractivity contribution in [3.8, 4) is 23.0 Å². The summed E-state index contributed by atoms with van der Waals surface area (Å²) in [7, 11) is 0. The van der Waals surface area contributed by atoms with Crippen LogP contribution in [0.25, 0.3) is 0 Å². The molecule has 2 aromatic carbocycles. The maximum atomic E-state index is 11.9. The maximum Gasteiger partial charge on any atom is 0.312 e. The van der Waals surface area contributed by atoms with Gasteiger partial charge in [-0.3, -0.25) is 4.79 Å². The zero-order valence-corrected chi connectivity index (χ0v) is 12.1. The van der Waals surface area contributed by atoms with E-state index in [0.717, 1.165) is 11.1 Å². The summed E-state index contributed by atoms with van der Waals surface area (Å²) in [5.74, 6) is 0.373. The highest BCUT2D eigenvalue weighted by atomic mass is 16.5. The fraction of sp³-hybridized carbons (Fsp3) is 0.235. The Hall–Kier alpha value is -2.69. The Bertz CT molecular complexity index is 706. The van der Waals surface area contributed by atoms with Gasteiger partial charge in [0.25, 0.3) is 0 Å². The average molecular weight is 300 g/mol. The van der Waals surface area contributed by atoms with Crippen LogP contribution >= 0.6 is 0 Å². The van der Waals surface area contributed by atoms with Gasteiger partial charge in [0.2, 0.25) is 0 Å². The van der Waals surface area contributed by atoms with Gasteiger partial charge in [-0.15, -0.1) is 0 Å². The molecule has 1 heterocycles. The van der Waals surface area contributed by atoms with Crippen LogP contribution in [-0.2, 0) is 4.79 Å². The number of fused-ring (bicyclic) bond motifs is 1. The van der Waals surface area contributed by atoms with Crippen molar-refractivity contribution in [1.29, 1.82) is 0 Å².